The average Bonchev–Trinajstić information content (AvgIpc) is 2.51. The highest BCUT2D eigenvalue weighted by Crippen LogP contribution is 2.23. The number of benzene rings is 2. The Labute approximate surface area is 145 Å². The van der Waals surface area contributed by atoms with Gasteiger partial charge in [0.15, 0.2) is 5.60 Å². The lowest BCUT2D eigenvalue weighted by Gasteiger charge is -2.25. The van der Waals surface area contributed by atoms with E-state index in [-0.39, 0.29) is 5.91 Å². The van der Waals surface area contributed by atoms with Crippen molar-refractivity contribution >= 4 is 29.2 Å². The van der Waals surface area contributed by atoms with Crippen molar-refractivity contribution in [3.63, 3.8) is 0 Å². The number of esters is 1. The van der Waals surface area contributed by atoms with Crippen molar-refractivity contribution in [1.29, 1.82) is 0 Å². The monoisotopic (exact) mass is 347 g/mol. The lowest BCUT2D eigenvalue weighted by atomic mass is 10.1. The number of hydrogen-bond acceptors (Lipinski definition) is 4. The van der Waals surface area contributed by atoms with Gasteiger partial charge in [-0.3, -0.25) is 9.59 Å². The van der Waals surface area contributed by atoms with Crippen LogP contribution in [0.15, 0.2) is 48.5 Å². The Morgan fingerprint density at radius 1 is 0.958 bits per heavy atom. The number of carbonyl (C=O) groups excluding carboxylic acids is 2. The maximum absolute atomic E-state index is 12.4. The third kappa shape index (κ3) is 4.99. The highest BCUT2D eigenvalue weighted by Gasteiger charge is 2.30. The molecule has 2 rings (SSSR count). The van der Waals surface area contributed by atoms with Gasteiger partial charge in [-0.05, 0) is 62.4 Å². The van der Waals surface area contributed by atoms with Crippen LogP contribution in [0.4, 0.5) is 5.69 Å². The minimum atomic E-state index is -1.08. The summed E-state index contributed by atoms with van der Waals surface area (Å²) in [5, 5.41) is 3.36. The zero-order valence-corrected chi connectivity index (χ0v) is 14.4. The van der Waals surface area contributed by atoms with E-state index < -0.39 is 11.6 Å². The summed E-state index contributed by atoms with van der Waals surface area (Å²) in [5.41, 5.74) is -0.508. The molecule has 24 heavy (non-hydrogen) atoms. The van der Waals surface area contributed by atoms with E-state index in [1.165, 1.54) is 6.92 Å². The summed E-state index contributed by atoms with van der Waals surface area (Å²) >= 11 is 5.83. The molecule has 1 N–H and O–H groups in total. The molecule has 2 aromatic rings. The molecule has 0 bridgehead atoms. The highest BCUT2D eigenvalue weighted by molar-refractivity contribution is 6.30. The maximum atomic E-state index is 12.4. The van der Waals surface area contributed by atoms with Crippen LogP contribution < -0.4 is 14.8 Å². The van der Waals surface area contributed by atoms with Crippen LogP contribution in [0.5, 0.6) is 11.5 Å². The average molecular weight is 348 g/mol. The lowest BCUT2D eigenvalue weighted by molar-refractivity contribution is -0.132. The Bertz CT molecular complexity index is 724. The predicted octanol–water partition coefficient (Wildman–Crippen LogP) is 4.06. The van der Waals surface area contributed by atoms with Crippen molar-refractivity contribution < 1.29 is 19.1 Å². The summed E-state index contributed by atoms with van der Waals surface area (Å²) in [5.74, 6) is 0.254. The van der Waals surface area contributed by atoms with E-state index in [1.54, 1.807) is 62.4 Å². The molecule has 6 heteroatoms. The van der Waals surface area contributed by atoms with Gasteiger partial charge in [-0.25, -0.2) is 0 Å². The molecule has 0 saturated carbocycles. The van der Waals surface area contributed by atoms with E-state index in [4.69, 9.17) is 21.1 Å². The standard InChI is InChI=1S/C18H18ClNO4/c1-12(21)23-15-10-6-14(7-11-15)20-17(22)18(2,3)24-16-8-4-13(19)5-9-16/h4-11H,1-3H3,(H,20,22). The second-order valence-corrected chi connectivity index (χ2v) is 6.07. The topological polar surface area (TPSA) is 64.6 Å². The smallest absolute Gasteiger partial charge is 0.308 e. The first-order valence-corrected chi connectivity index (χ1v) is 7.68. The van der Waals surface area contributed by atoms with Crippen molar-refractivity contribution in [3.8, 4) is 11.5 Å². The summed E-state index contributed by atoms with van der Waals surface area (Å²) in [6.07, 6.45) is 0. The summed E-state index contributed by atoms with van der Waals surface area (Å²) < 4.78 is 10.7. The van der Waals surface area contributed by atoms with E-state index >= 15 is 0 Å². The first kappa shape index (κ1) is 17.8. The predicted molar refractivity (Wildman–Crippen MR) is 92.5 cm³/mol. The number of carbonyl (C=O) groups is 2. The molecule has 1 amide bonds. The molecule has 0 heterocycles. The van der Waals surface area contributed by atoms with Crippen LogP contribution in [-0.4, -0.2) is 17.5 Å². The van der Waals surface area contributed by atoms with Gasteiger partial charge in [-0.1, -0.05) is 11.6 Å². The molecule has 0 aliphatic heterocycles. The molecule has 0 aliphatic rings. The van der Waals surface area contributed by atoms with Crippen LogP contribution in [-0.2, 0) is 9.59 Å². The van der Waals surface area contributed by atoms with Crippen molar-refractivity contribution in [2.75, 3.05) is 5.32 Å². The van der Waals surface area contributed by atoms with Gasteiger partial charge in [-0.15, -0.1) is 0 Å². The SMILES string of the molecule is CC(=O)Oc1ccc(NC(=O)C(C)(C)Oc2ccc(Cl)cc2)cc1. The van der Waals surface area contributed by atoms with Crippen molar-refractivity contribution in [1.82, 2.24) is 0 Å². The Morgan fingerprint density at radius 2 is 1.50 bits per heavy atom. The van der Waals surface area contributed by atoms with Crippen LogP contribution in [0, 0.1) is 0 Å². The fraction of sp³-hybridized carbons (Fsp3) is 0.222. The molecule has 0 fully saturated rings. The highest BCUT2D eigenvalue weighted by atomic mass is 35.5. The number of nitrogens with one attached hydrogen (secondary N) is 1. The summed E-state index contributed by atoms with van der Waals surface area (Å²) in [6, 6.07) is 13.3. The minimum absolute atomic E-state index is 0.308. The Kier molecular flexibility index (Phi) is 5.46. The zero-order valence-electron chi connectivity index (χ0n) is 13.6. The fourth-order valence-electron chi connectivity index (χ4n) is 1.90. The number of hydrogen-bond donors (Lipinski definition) is 1. The number of rotatable bonds is 5. The van der Waals surface area contributed by atoms with Crippen LogP contribution in [0.25, 0.3) is 0 Å². The molecule has 5 nitrogen and oxygen atoms in total. The third-order valence-corrected chi connectivity index (χ3v) is 3.36. The van der Waals surface area contributed by atoms with Gasteiger partial charge < -0.3 is 14.8 Å². The van der Waals surface area contributed by atoms with Crippen molar-refractivity contribution in [3.05, 3.63) is 53.6 Å². The van der Waals surface area contributed by atoms with Gasteiger partial charge in [0.1, 0.15) is 11.5 Å². The normalized spacial score (nSPS) is 10.8. The van der Waals surface area contributed by atoms with E-state index in [9.17, 15) is 9.59 Å². The minimum Gasteiger partial charge on any atom is -0.478 e. The molecule has 2 aromatic carbocycles. The van der Waals surface area contributed by atoms with Gasteiger partial charge in [0.25, 0.3) is 5.91 Å². The van der Waals surface area contributed by atoms with Gasteiger partial charge in [0.05, 0.1) is 0 Å². The summed E-state index contributed by atoms with van der Waals surface area (Å²) in [7, 11) is 0. The summed E-state index contributed by atoms with van der Waals surface area (Å²) in [6.45, 7) is 4.67. The first-order chi connectivity index (χ1) is 11.3. The van der Waals surface area contributed by atoms with E-state index in [0.29, 0.717) is 22.2 Å². The number of anilines is 1. The van der Waals surface area contributed by atoms with Gasteiger partial charge >= 0.3 is 5.97 Å². The molecule has 0 aliphatic carbocycles. The zero-order chi connectivity index (χ0) is 17.7. The molecule has 0 saturated heterocycles. The number of amides is 1. The van der Waals surface area contributed by atoms with E-state index in [1.807, 2.05) is 0 Å². The van der Waals surface area contributed by atoms with E-state index in [2.05, 4.69) is 5.32 Å². The van der Waals surface area contributed by atoms with Crippen LogP contribution in [0.2, 0.25) is 5.02 Å². The fourth-order valence-corrected chi connectivity index (χ4v) is 2.02. The van der Waals surface area contributed by atoms with Crippen molar-refractivity contribution in [2.24, 2.45) is 0 Å². The van der Waals surface area contributed by atoms with Crippen molar-refractivity contribution in [2.45, 2.75) is 26.4 Å². The molecular formula is C18H18ClNO4. The number of halogens is 1. The Hall–Kier alpha value is -2.53. The molecule has 0 unspecified atom stereocenters. The number of ether oxygens (including phenoxy) is 2. The molecule has 126 valence electrons. The summed E-state index contributed by atoms with van der Waals surface area (Å²) in [4.78, 5) is 23.3. The van der Waals surface area contributed by atoms with Crippen LogP contribution in [0.3, 0.4) is 0 Å². The second-order valence-electron chi connectivity index (χ2n) is 5.64. The Morgan fingerprint density at radius 3 is 2.04 bits per heavy atom. The van der Waals surface area contributed by atoms with Crippen LogP contribution in [0.1, 0.15) is 20.8 Å². The second kappa shape index (κ2) is 7.36. The molecule has 0 radical (unpaired) electrons. The molecule has 0 spiro atoms. The maximum Gasteiger partial charge on any atom is 0.308 e. The van der Waals surface area contributed by atoms with Crippen LogP contribution >= 0.6 is 11.6 Å². The van der Waals surface area contributed by atoms with Gasteiger partial charge in [-0.2, -0.15) is 0 Å². The molecular weight excluding hydrogens is 330 g/mol. The van der Waals surface area contributed by atoms with Gasteiger partial charge in [0, 0.05) is 17.6 Å². The van der Waals surface area contributed by atoms with E-state index in [0.717, 1.165) is 0 Å². The largest absolute Gasteiger partial charge is 0.478 e. The Balaban J connectivity index is 2.01. The third-order valence-electron chi connectivity index (χ3n) is 3.11. The lowest BCUT2D eigenvalue weighted by Crippen LogP contribution is -2.42. The first-order valence-electron chi connectivity index (χ1n) is 7.31. The quantitative estimate of drug-likeness (QED) is 0.654. The van der Waals surface area contributed by atoms with Gasteiger partial charge in [0.2, 0.25) is 0 Å². The molecule has 0 aromatic heterocycles. The molecule has 0 atom stereocenters.